The molecule has 2 N–H and O–H groups in total. The standard InChI is InChI=1S/C13H24N2O/c1-2-12(13(14)16)8-4-7-11-15-9-5-3-6-10-15/h2H,3-11H2,1H3,(H2,14,16). The first-order chi connectivity index (χ1) is 7.74. The molecule has 1 heterocycles. The number of primary amides is 1. The van der Waals surface area contributed by atoms with E-state index in [0.29, 0.717) is 0 Å². The van der Waals surface area contributed by atoms with Gasteiger partial charge in [0.2, 0.25) is 5.91 Å². The molecule has 0 aromatic heterocycles. The molecule has 0 radical (unpaired) electrons. The van der Waals surface area contributed by atoms with E-state index in [2.05, 4.69) is 4.90 Å². The molecule has 0 spiro atoms. The SMILES string of the molecule is CC=C(CCCCN1CCCCC1)C(N)=O. The summed E-state index contributed by atoms with van der Waals surface area (Å²) in [5.41, 5.74) is 6.03. The molecule has 1 rings (SSSR count). The predicted octanol–water partition coefficient (Wildman–Crippen LogP) is 2.07. The summed E-state index contributed by atoms with van der Waals surface area (Å²) in [4.78, 5) is 13.5. The lowest BCUT2D eigenvalue weighted by molar-refractivity contribution is -0.114. The first-order valence-electron chi connectivity index (χ1n) is 6.41. The van der Waals surface area contributed by atoms with Crippen LogP contribution < -0.4 is 5.73 Å². The zero-order valence-corrected chi connectivity index (χ0v) is 10.4. The van der Waals surface area contributed by atoms with Crippen molar-refractivity contribution >= 4 is 5.91 Å². The van der Waals surface area contributed by atoms with Crippen LogP contribution in [0.1, 0.15) is 45.4 Å². The third-order valence-electron chi connectivity index (χ3n) is 3.28. The van der Waals surface area contributed by atoms with Gasteiger partial charge in [-0.05, 0) is 58.7 Å². The van der Waals surface area contributed by atoms with Crippen molar-refractivity contribution in [2.75, 3.05) is 19.6 Å². The highest BCUT2D eigenvalue weighted by atomic mass is 16.1. The lowest BCUT2D eigenvalue weighted by atomic mass is 10.1. The van der Waals surface area contributed by atoms with E-state index in [4.69, 9.17) is 5.73 Å². The van der Waals surface area contributed by atoms with Gasteiger partial charge in [-0.3, -0.25) is 4.79 Å². The summed E-state index contributed by atoms with van der Waals surface area (Å²) in [6, 6.07) is 0. The Balaban J connectivity index is 2.08. The van der Waals surface area contributed by atoms with Gasteiger partial charge in [0, 0.05) is 5.57 Å². The Labute approximate surface area is 98.7 Å². The van der Waals surface area contributed by atoms with Crippen LogP contribution in [0.15, 0.2) is 11.6 Å². The molecule has 0 unspecified atom stereocenters. The molecular weight excluding hydrogens is 200 g/mol. The number of nitrogens with two attached hydrogens (primary N) is 1. The number of amides is 1. The molecule has 0 aromatic rings. The third kappa shape index (κ3) is 4.79. The van der Waals surface area contributed by atoms with Gasteiger partial charge in [0.1, 0.15) is 0 Å². The smallest absolute Gasteiger partial charge is 0.244 e. The number of carbonyl (C=O) groups excluding carboxylic acids is 1. The van der Waals surface area contributed by atoms with Gasteiger partial charge in [-0.25, -0.2) is 0 Å². The van der Waals surface area contributed by atoms with Crippen molar-refractivity contribution in [1.82, 2.24) is 4.90 Å². The number of unbranched alkanes of at least 4 members (excludes halogenated alkanes) is 1. The molecule has 0 atom stereocenters. The number of carbonyl (C=O) groups is 1. The summed E-state index contributed by atoms with van der Waals surface area (Å²) >= 11 is 0. The van der Waals surface area contributed by atoms with E-state index in [9.17, 15) is 4.79 Å². The highest BCUT2D eigenvalue weighted by Gasteiger charge is 2.09. The van der Waals surface area contributed by atoms with Gasteiger partial charge < -0.3 is 10.6 Å². The summed E-state index contributed by atoms with van der Waals surface area (Å²) in [5.74, 6) is -0.263. The van der Waals surface area contributed by atoms with Crippen LogP contribution in [0.4, 0.5) is 0 Å². The summed E-state index contributed by atoms with van der Waals surface area (Å²) in [6.07, 6.45) is 9.00. The van der Waals surface area contributed by atoms with E-state index in [1.165, 1.54) is 45.3 Å². The number of nitrogens with zero attached hydrogens (tertiary/aromatic N) is 1. The van der Waals surface area contributed by atoms with Crippen molar-refractivity contribution in [1.29, 1.82) is 0 Å². The van der Waals surface area contributed by atoms with E-state index in [1.807, 2.05) is 13.0 Å². The van der Waals surface area contributed by atoms with Crippen molar-refractivity contribution in [3.05, 3.63) is 11.6 Å². The fourth-order valence-corrected chi connectivity index (χ4v) is 2.24. The van der Waals surface area contributed by atoms with Crippen LogP contribution in [0, 0.1) is 0 Å². The maximum atomic E-state index is 11.0. The lowest BCUT2D eigenvalue weighted by Gasteiger charge is -2.26. The van der Waals surface area contributed by atoms with Crippen LogP contribution in [0.3, 0.4) is 0 Å². The predicted molar refractivity (Wildman–Crippen MR) is 67.1 cm³/mol. The zero-order valence-electron chi connectivity index (χ0n) is 10.4. The van der Waals surface area contributed by atoms with Crippen LogP contribution >= 0.6 is 0 Å². The number of piperidine rings is 1. The van der Waals surface area contributed by atoms with E-state index < -0.39 is 0 Å². The fourth-order valence-electron chi connectivity index (χ4n) is 2.24. The Morgan fingerprint density at radius 1 is 1.25 bits per heavy atom. The Morgan fingerprint density at radius 2 is 1.94 bits per heavy atom. The normalized spacial score (nSPS) is 18.7. The van der Waals surface area contributed by atoms with Crippen molar-refractivity contribution < 1.29 is 4.79 Å². The molecule has 1 aliphatic rings. The lowest BCUT2D eigenvalue weighted by Crippen LogP contribution is -2.30. The van der Waals surface area contributed by atoms with E-state index in [0.717, 1.165) is 18.4 Å². The minimum absolute atomic E-state index is 0.263. The van der Waals surface area contributed by atoms with Crippen LogP contribution in [-0.4, -0.2) is 30.4 Å². The molecule has 1 amide bonds. The van der Waals surface area contributed by atoms with E-state index in [1.54, 1.807) is 0 Å². The van der Waals surface area contributed by atoms with Gasteiger partial charge >= 0.3 is 0 Å². The average molecular weight is 224 g/mol. The zero-order chi connectivity index (χ0) is 11.8. The molecule has 3 nitrogen and oxygen atoms in total. The molecule has 1 aliphatic heterocycles. The Bertz CT molecular complexity index is 242. The first-order valence-corrected chi connectivity index (χ1v) is 6.41. The topological polar surface area (TPSA) is 46.3 Å². The number of rotatable bonds is 6. The van der Waals surface area contributed by atoms with Crippen molar-refractivity contribution in [3.63, 3.8) is 0 Å². The third-order valence-corrected chi connectivity index (χ3v) is 3.28. The molecule has 0 aromatic carbocycles. The average Bonchev–Trinajstić information content (AvgIpc) is 2.30. The summed E-state index contributed by atoms with van der Waals surface area (Å²) in [7, 11) is 0. The van der Waals surface area contributed by atoms with Crippen LogP contribution in [0.25, 0.3) is 0 Å². The van der Waals surface area contributed by atoms with Gasteiger partial charge in [0.15, 0.2) is 0 Å². The molecular formula is C13H24N2O. The second-order valence-corrected chi connectivity index (χ2v) is 4.54. The maximum absolute atomic E-state index is 11.0. The summed E-state index contributed by atoms with van der Waals surface area (Å²) in [5, 5.41) is 0. The molecule has 92 valence electrons. The van der Waals surface area contributed by atoms with Crippen molar-refractivity contribution in [2.24, 2.45) is 5.73 Å². The van der Waals surface area contributed by atoms with E-state index in [-0.39, 0.29) is 5.91 Å². The van der Waals surface area contributed by atoms with Gasteiger partial charge in [0.05, 0.1) is 0 Å². The van der Waals surface area contributed by atoms with Crippen molar-refractivity contribution in [2.45, 2.75) is 45.4 Å². The molecule has 0 bridgehead atoms. The van der Waals surface area contributed by atoms with E-state index >= 15 is 0 Å². The quantitative estimate of drug-likeness (QED) is 0.554. The molecule has 0 saturated carbocycles. The second kappa shape index (κ2) is 7.44. The van der Waals surface area contributed by atoms with Gasteiger partial charge in [-0.1, -0.05) is 12.5 Å². The Kier molecular flexibility index (Phi) is 6.16. The van der Waals surface area contributed by atoms with Crippen LogP contribution in [0.5, 0.6) is 0 Å². The first kappa shape index (κ1) is 13.2. The Morgan fingerprint density at radius 3 is 2.50 bits per heavy atom. The van der Waals surface area contributed by atoms with Gasteiger partial charge in [0.25, 0.3) is 0 Å². The highest BCUT2D eigenvalue weighted by Crippen LogP contribution is 2.11. The number of hydrogen-bond acceptors (Lipinski definition) is 2. The monoisotopic (exact) mass is 224 g/mol. The highest BCUT2D eigenvalue weighted by molar-refractivity contribution is 5.91. The number of likely N-dealkylation sites (tertiary alicyclic amines) is 1. The van der Waals surface area contributed by atoms with Gasteiger partial charge in [-0.15, -0.1) is 0 Å². The molecule has 1 fully saturated rings. The molecule has 3 heteroatoms. The van der Waals surface area contributed by atoms with Crippen LogP contribution in [-0.2, 0) is 4.79 Å². The fraction of sp³-hybridized carbons (Fsp3) is 0.769. The minimum atomic E-state index is -0.263. The maximum Gasteiger partial charge on any atom is 0.244 e. The largest absolute Gasteiger partial charge is 0.366 e. The summed E-state index contributed by atoms with van der Waals surface area (Å²) in [6.45, 7) is 5.57. The Hall–Kier alpha value is -0.830. The van der Waals surface area contributed by atoms with Gasteiger partial charge in [-0.2, -0.15) is 0 Å². The number of hydrogen-bond donors (Lipinski definition) is 1. The van der Waals surface area contributed by atoms with Crippen molar-refractivity contribution in [3.8, 4) is 0 Å². The molecule has 16 heavy (non-hydrogen) atoms. The number of allylic oxidation sites excluding steroid dienone is 1. The van der Waals surface area contributed by atoms with Crippen LogP contribution in [0.2, 0.25) is 0 Å². The summed E-state index contributed by atoms with van der Waals surface area (Å²) < 4.78 is 0. The minimum Gasteiger partial charge on any atom is -0.366 e. The molecule has 1 saturated heterocycles. The second-order valence-electron chi connectivity index (χ2n) is 4.54. The molecule has 0 aliphatic carbocycles.